The SMILES string of the molecule is Cc1cccc(C)c1OCC(C)NC(=O)CNC(=O)c1ccco1. The van der Waals surface area contributed by atoms with Crippen molar-refractivity contribution in [1.82, 2.24) is 10.6 Å². The molecule has 128 valence electrons. The first-order valence-electron chi connectivity index (χ1n) is 7.77. The fourth-order valence-corrected chi connectivity index (χ4v) is 2.26. The van der Waals surface area contributed by atoms with Crippen molar-refractivity contribution in [2.45, 2.75) is 26.8 Å². The lowest BCUT2D eigenvalue weighted by Gasteiger charge is -2.17. The number of amides is 2. The molecule has 0 aliphatic carbocycles. The highest BCUT2D eigenvalue weighted by molar-refractivity contribution is 5.94. The Hall–Kier alpha value is -2.76. The number of hydrogen-bond donors (Lipinski definition) is 2. The van der Waals surface area contributed by atoms with Gasteiger partial charge in [-0.05, 0) is 44.0 Å². The van der Waals surface area contributed by atoms with Gasteiger partial charge >= 0.3 is 0 Å². The van der Waals surface area contributed by atoms with E-state index < -0.39 is 5.91 Å². The van der Waals surface area contributed by atoms with Crippen molar-refractivity contribution in [2.75, 3.05) is 13.2 Å². The van der Waals surface area contributed by atoms with Gasteiger partial charge in [-0.15, -0.1) is 0 Å². The highest BCUT2D eigenvalue weighted by atomic mass is 16.5. The largest absolute Gasteiger partial charge is 0.491 e. The first kappa shape index (κ1) is 17.6. The Morgan fingerprint density at radius 2 is 1.88 bits per heavy atom. The molecule has 1 aromatic carbocycles. The van der Waals surface area contributed by atoms with Crippen LogP contribution in [-0.4, -0.2) is 31.0 Å². The third-order valence-electron chi connectivity index (χ3n) is 3.45. The van der Waals surface area contributed by atoms with Crippen LogP contribution < -0.4 is 15.4 Å². The lowest BCUT2D eigenvalue weighted by molar-refractivity contribution is -0.120. The molecule has 6 nitrogen and oxygen atoms in total. The van der Waals surface area contributed by atoms with E-state index in [4.69, 9.17) is 9.15 Å². The first-order valence-corrected chi connectivity index (χ1v) is 7.77. The molecule has 24 heavy (non-hydrogen) atoms. The second-order valence-electron chi connectivity index (χ2n) is 5.66. The van der Waals surface area contributed by atoms with Crippen LogP contribution in [0.5, 0.6) is 5.75 Å². The van der Waals surface area contributed by atoms with E-state index in [9.17, 15) is 9.59 Å². The van der Waals surface area contributed by atoms with Crippen molar-refractivity contribution in [3.63, 3.8) is 0 Å². The van der Waals surface area contributed by atoms with Gasteiger partial charge in [-0.1, -0.05) is 18.2 Å². The van der Waals surface area contributed by atoms with Crippen LogP contribution >= 0.6 is 0 Å². The molecule has 2 rings (SSSR count). The normalized spacial score (nSPS) is 11.6. The number of benzene rings is 1. The molecule has 0 fully saturated rings. The summed E-state index contributed by atoms with van der Waals surface area (Å²) in [6, 6.07) is 8.91. The van der Waals surface area contributed by atoms with Crippen molar-refractivity contribution in [2.24, 2.45) is 0 Å². The molecule has 2 amide bonds. The van der Waals surface area contributed by atoms with E-state index in [2.05, 4.69) is 10.6 Å². The third kappa shape index (κ3) is 4.87. The molecule has 0 saturated heterocycles. The Balaban J connectivity index is 1.74. The molecular formula is C18H22N2O4. The third-order valence-corrected chi connectivity index (χ3v) is 3.45. The molecule has 0 spiro atoms. The summed E-state index contributed by atoms with van der Waals surface area (Å²) in [4.78, 5) is 23.5. The molecule has 0 radical (unpaired) electrons. The van der Waals surface area contributed by atoms with Crippen LogP contribution in [0.3, 0.4) is 0 Å². The molecule has 1 aromatic heterocycles. The predicted molar refractivity (Wildman–Crippen MR) is 90.1 cm³/mol. The smallest absolute Gasteiger partial charge is 0.287 e. The van der Waals surface area contributed by atoms with Crippen LogP contribution in [0.15, 0.2) is 41.0 Å². The standard InChI is InChI=1S/C18H22N2O4/c1-12-6-4-7-13(2)17(12)24-11-14(3)20-16(21)10-19-18(22)15-8-5-9-23-15/h4-9,14H,10-11H2,1-3H3,(H,19,22)(H,20,21). The van der Waals surface area contributed by atoms with E-state index in [1.165, 1.54) is 12.3 Å². The number of hydrogen-bond acceptors (Lipinski definition) is 4. The number of furan rings is 1. The van der Waals surface area contributed by atoms with Crippen molar-refractivity contribution >= 4 is 11.8 Å². The number of ether oxygens (including phenoxy) is 1. The topological polar surface area (TPSA) is 80.6 Å². The van der Waals surface area contributed by atoms with Gasteiger partial charge in [0.2, 0.25) is 5.91 Å². The number of carbonyl (C=O) groups is 2. The van der Waals surface area contributed by atoms with Crippen LogP contribution in [0.2, 0.25) is 0 Å². The van der Waals surface area contributed by atoms with Crippen LogP contribution in [0, 0.1) is 13.8 Å². The number of aryl methyl sites for hydroxylation is 2. The van der Waals surface area contributed by atoms with Crippen molar-refractivity contribution < 1.29 is 18.7 Å². The Morgan fingerprint density at radius 1 is 1.17 bits per heavy atom. The second kappa shape index (κ2) is 8.19. The summed E-state index contributed by atoms with van der Waals surface area (Å²) in [5, 5.41) is 5.28. The second-order valence-corrected chi connectivity index (χ2v) is 5.66. The van der Waals surface area contributed by atoms with Gasteiger partial charge in [0.25, 0.3) is 5.91 Å². The maximum atomic E-state index is 11.9. The lowest BCUT2D eigenvalue weighted by Crippen LogP contribution is -2.43. The molecule has 6 heteroatoms. The van der Waals surface area contributed by atoms with Gasteiger partial charge in [0.1, 0.15) is 12.4 Å². The Bertz CT molecular complexity index is 675. The van der Waals surface area contributed by atoms with E-state index in [1.54, 1.807) is 6.07 Å². The summed E-state index contributed by atoms with van der Waals surface area (Å²) in [5.74, 6) is 0.307. The van der Waals surface area contributed by atoms with Gasteiger partial charge in [0, 0.05) is 0 Å². The minimum Gasteiger partial charge on any atom is -0.491 e. The van der Waals surface area contributed by atoms with E-state index in [0.717, 1.165) is 16.9 Å². The maximum absolute atomic E-state index is 11.9. The summed E-state index contributed by atoms with van der Waals surface area (Å²) in [6.07, 6.45) is 1.40. The number of rotatable bonds is 7. The zero-order chi connectivity index (χ0) is 17.5. The molecule has 1 atom stereocenters. The zero-order valence-corrected chi connectivity index (χ0v) is 14.1. The molecule has 2 aromatic rings. The van der Waals surface area contributed by atoms with Crippen molar-refractivity contribution in [3.05, 3.63) is 53.5 Å². The van der Waals surface area contributed by atoms with Gasteiger partial charge in [0.15, 0.2) is 5.76 Å². The molecular weight excluding hydrogens is 308 g/mol. The number of nitrogens with one attached hydrogen (secondary N) is 2. The van der Waals surface area contributed by atoms with Crippen LogP contribution in [-0.2, 0) is 4.79 Å². The van der Waals surface area contributed by atoms with Crippen molar-refractivity contribution in [1.29, 1.82) is 0 Å². The fourth-order valence-electron chi connectivity index (χ4n) is 2.26. The molecule has 0 aliphatic heterocycles. The molecule has 0 bridgehead atoms. The highest BCUT2D eigenvalue weighted by Gasteiger charge is 2.13. The van der Waals surface area contributed by atoms with E-state index in [-0.39, 0.29) is 24.3 Å². The van der Waals surface area contributed by atoms with Gasteiger partial charge in [-0.2, -0.15) is 0 Å². The van der Waals surface area contributed by atoms with Gasteiger partial charge in [-0.25, -0.2) is 0 Å². The Kier molecular flexibility index (Phi) is 6.01. The average molecular weight is 330 g/mol. The van der Waals surface area contributed by atoms with Crippen LogP contribution in [0.4, 0.5) is 0 Å². The van der Waals surface area contributed by atoms with E-state index in [0.29, 0.717) is 6.61 Å². The summed E-state index contributed by atoms with van der Waals surface area (Å²) in [6.45, 7) is 6.04. The van der Waals surface area contributed by atoms with E-state index in [1.807, 2.05) is 39.0 Å². The monoisotopic (exact) mass is 330 g/mol. The summed E-state index contributed by atoms with van der Waals surface area (Å²) in [7, 11) is 0. The molecule has 1 heterocycles. The maximum Gasteiger partial charge on any atom is 0.287 e. The summed E-state index contributed by atoms with van der Waals surface area (Å²) < 4.78 is 10.8. The van der Waals surface area contributed by atoms with Gasteiger partial charge < -0.3 is 19.8 Å². The minimum atomic E-state index is -0.422. The average Bonchev–Trinajstić information content (AvgIpc) is 3.06. The highest BCUT2D eigenvalue weighted by Crippen LogP contribution is 2.22. The fraction of sp³-hybridized carbons (Fsp3) is 0.333. The van der Waals surface area contributed by atoms with Crippen molar-refractivity contribution in [3.8, 4) is 5.75 Å². The van der Waals surface area contributed by atoms with Crippen LogP contribution in [0.25, 0.3) is 0 Å². The Labute approximate surface area is 141 Å². The molecule has 2 N–H and O–H groups in total. The predicted octanol–water partition coefficient (Wildman–Crippen LogP) is 2.21. The summed E-state index contributed by atoms with van der Waals surface area (Å²) >= 11 is 0. The number of para-hydroxylation sites is 1. The zero-order valence-electron chi connectivity index (χ0n) is 14.1. The van der Waals surface area contributed by atoms with Crippen LogP contribution in [0.1, 0.15) is 28.6 Å². The molecule has 0 aliphatic rings. The lowest BCUT2D eigenvalue weighted by atomic mass is 10.1. The molecule has 0 saturated carbocycles. The number of carbonyl (C=O) groups excluding carboxylic acids is 2. The first-order chi connectivity index (χ1) is 11.5. The van der Waals surface area contributed by atoms with Gasteiger partial charge in [0.05, 0.1) is 18.8 Å². The Morgan fingerprint density at radius 3 is 2.50 bits per heavy atom. The minimum absolute atomic E-state index is 0.118. The summed E-state index contributed by atoms with van der Waals surface area (Å²) in [5.41, 5.74) is 2.11. The molecule has 1 unspecified atom stereocenters. The van der Waals surface area contributed by atoms with E-state index >= 15 is 0 Å². The van der Waals surface area contributed by atoms with Gasteiger partial charge in [-0.3, -0.25) is 9.59 Å². The quantitative estimate of drug-likeness (QED) is 0.815.